The molecule has 1 atom stereocenters. The Kier molecular flexibility index (Phi) is 2.75. The second kappa shape index (κ2) is 3.70. The van der Waals surface area contributed by atoms with E-state index in [1.165, 1.54) is 12.1 Å². The summed E-state index contributed by atoms with van der Waals surface area (Å²) in [5.41, 5.74) is -0.155. The topological polar surface area (TPSA) is 12.5 Å². The van der Waals surface area contributed by atoms with Gasteiger partial charge in [-0.15, -0.1) is 0 Å². The van der Waals surface area contributed by atoms with E-state index in [0.717, 1.165) is 6.07 Å². The number of thioether (sulfide) groups is 1. The van der Waals surface area contributed by atoms with Crippen molar-refractivity contribution in [2.75, 3.05) is 12.9 Å². The van der Waals surface area contributed by atoms with E-state index in [1.54, 1.807) is 11.8 Å². The maximum Gasteiger partial charge on any atom is 0.133 e. The predicted molar refractivity (Wildman–Crippen MR) is 61.6 cm³/mol. The van der Waals surface area contributed by atoms with Gasteiger partial charge in [-0.3, -0.25) is 0 Å². The Morgan fingerprint density at radius 1 is 1.38 bits per heavy atom. The summed E-state index contributed by atoms with van der Waals surface area (Å²) in [6.45, 7) is 4.50. The Hall–Kier alpha value is -0.610. The molecule has 0 spiro atoms. The highest BCUT2D eigenvalue weighted by molar-refractivity contribution is 8.00. The van der Waals surface area contributed by atoms with Crippen LogP contribution < -0.4 is 0 Å². The van der Waals surface area contributed by atoms with Crippen LogP contribution in [0.25, 0.3) is 0 Å². The first-order chi connectivity index (χ1) is 7.43. The molecule has 1 fully saturated rings. The first-order valence-electron chi connectivity index (χ1n) is 5.07. The smallest absolute Gasteiger partial charge is 0.133 e. The van der Waals surface area contributed by atoms with Crippen LogP contribution in [0.5, 0.6) is 0 Å². The van der Waals surface area contributed by atoms with E-state index in [-0.39, 0.29) is 4.75 Å². The molecule has 0 aliphatic carbocycles. The van der Waals surface area contributed by atoms with Gasteiger partial charge < -0.3 is 4.74 Å². The SMILES string of the molecule is CSC(C)(C)C1(c2ccc(F)cc2F)CO1. The minimum absolute atomic E-state index is 0.230. The molecule has 2 rings (SSSR count). The van der Waals surface area contributed by atoms with Crippen LogP contribution in [0.4, 0.5) is 8.78 Å². The van der Waals surface area contributed by atoms with Crippen molar-refractivity contribution in [1.82, 2.24) is 0 Å². The molecule has 1 saturated heterocycles. The van der Waals surface area contributed by atoms with Gasteiger partial charge in [0, 0.05) is 16.4 Å². The van der Waals surface area contributed by atoms with Gasteiger partial charge >= 0.3 is 0 Å². The second-order valence-corrected chi connectivity index (χ2v) is 5.88. The number of halogens is 2. The zero-order valence-electron chi connectivity index (χ0n) is 9.51. The summed E-state index contributed by atoms with van der Waals surface area (Å²) < 4.78 is 31.8. The largest absolute Gasteiger partial charge is 0.363 e. The maximum absolute atomic E-state index is 13.7. The Bertz CT molecular complexity index is 413. The molecule has 1 aromatic carbocycles. The number of hydrogen-bond donors (Lipinski definition) is 0. The normalized spacial score (nSPS) is 24.6. The quantitative estimate of drug-likeness (QED) is 0.756. The molecule has 0 bridgehead atoms. The lowest BCUT2D eigenvalue weighted by molar-refractivity contribution is 0.257. The Morgan fingerprint density at radius 3 is 2.44 bits per heavy atom. The first-order valence-corrected chi connectivity index (χ1v) is 6.30. The Morgan fingerprint density at radius 2 is 2.00 bits per heavy atom. The fourth-order valence-corrected chi connectivity index (χ4v) is 2.44. The molecule has 0 radical (unpaired) electrons. The molecule has 1 aliphatic rings. The molecule has 1 unspecified atom stereocenters. The third-order valence-corrected chi connectivity index (χ3v) is 4.63. The van der Waals surface area contributed by atoms with E-state index in [0.29, 0.717) is 12.2 Å². The number of ether oxygens (including phenoxy) is 1. The lowest BCUT2D eigenvalue weighted by atomic mass is 9.87. The van der Waals surface area contributed by atoms with Crippen molar-refractivity contribution in [3.63, 3.8) is 0 Å². The molecular formula is C12H14F2OS. The van der Waals surface area contributed by atoms with Crippen LogP contribution in [-0.2, 0) is 10.3 Å². The molecule has 1 nitrogen and oxygen atoms in total. The summed E-state index contributed by atoms with van der Waals surface area (Å²) >= 11 is 1.62. The molecule has 0 N–H and O–H groups in total. The fourth-order valence-electron chi connectivity index (χ4n) is 1.88. The van der Waals surface area contributed by atoms with Crippen LogP contribution in [0, 0.1) is 11.6 Å². The highest BCUT2D eigenvalue weighted by Gasteiger charge is 2.59. The summed E-state index contributed by atoms with van der Waals surface area (Å²) in [7, 11) is 0. The molecule has 0 amide bonds. The molecular weight excluding hydrogens is 230 g/mol. The molecule has 1 aromatic rings. The summed E-state index contributed by atoms with van der Waals surface area (Å²) in [5, 5.41) is 0. The van der Waals surface area contributed by atoms with Gasteiger partial charge in [0.05, 0.1) is 6.61 Å². The van der Waals surface area contributed by atoms with E-state index in [4.69, 9.17) is 4.74 Å². The van der Waals surface area contributed by atoms with E-state index < -0.39 is 17.2 Å². The van der Waals surface area contributed by atoms with Crippen molar-refractivity contribution in [2.24, 2.45) is 0 Å². The number of benzene rings is 1. The lowest BCUT2D eigenvalue weighted by Gasteiger charge is -2.30. The average molecular weight is 244 g/mol. The van der Waals surface area contributed by atoms with Crippen molar-refractivity contribution >= 4 is 11.8 Å². The molecule has 0 aromatic heterocycles. The van der Waals surface area contributed by atoms with Gasteiger partial charge in [-0.25, -0.2) is 8.78 Å². The van der Waals surface area contributed by atoms with Crippen LogP contribution in [0.3, 0.4) is 0 Å². The molecule has 1 aliphatic heterocycles. The lowest BCUT2D eigenvalue weighted by Crippen LogP contribution is -2.35. The van der Waals surface area contributed by atoms with E-state index in [2.05, 4.69) is 0 Å². The minimum Gasteiger partial charge on any atom is -0.363 e. The van der Waals surface area contributed by atoms with E-state index >= 15 is 0 Å². The zero-order valence-corrected chi connectivity index (χ0v) is 10.3. The van der Waals surface area contributed by atoms with Crippen molar-refractivity contribution in [3.05, 3.63) is 35.4 Å². The van der Waals surface area contributed by atoms with Gasteiger partial charge in [-0.05, 0) is 26.2 Å². The van der Waals surface area contributed by atoms with Gasteiger partial charge in [0.25, 0.3) is 0 Å². The zero-order chi connectivity index (χ0) is 12.0. The van der Waals surface area contributed by atoms with Gasteiger partial charge in [-0.2, -0.15) is 11.8 Å². The Labute approximate surface area is 98.2 Å². The number of epoxide rings is 1. The van der Waals surface area contributed by atoms with Crippen molar-refractivity contribution in [1.29, 1.82) is 0 Å². The molecule has 88 valence electrons. The van der Waals surface area contributed by atoms with Crippen molar-refractivity contribution in [2.45, 2.75) is 24.2 Å². The summed E-state index contributed by atoms with van der Waals surface area (Å²) in [6, 6.07) is 3.67. The van der Waals surface area contributed by atoms with E-state index in [9.17, 15) is 8.78 Å². The summed E-state index contributed by atoms with van der Waals surface area (Å²) in [4.78, 5) is 0. The monoisotopic (exact) mass is 244 g/mol. The second-order valence-electron chi connectivity index (χ2n) is 4.45. The van der Waals surface area contributed by atoms with Crippen LogP contribution in [0.15, 0.2) is 18.2 Å². The molecule has 1 heterocycles. The average Bonchev–Trinajstić information content (AvgIpc) is 2.99. The number of rotatable bonds is 3. The van der Waals surface area contributed by atoms with Gasteiger partial charge in [0.2, 0.25) is 0 Å². The third kappa shape index (κ3) is 1.64. The summed E-state index contributed by atoms with van der Waals surface area (Å²) in [5.74, 6) is -1.08. The van der Waals surface area contributed by atoms with Crippen LogP contribution in [0.1, 0.15) is 19.4 Å². The maximum atomic E-state index is 13.7. The standard InChI is InChI=1S/C12H14F2OS/c1-11(2,16-3)12(7-15-12)9-5-4-8(13)6-10(9)14/h4-6H,7H2,1-3H3. The fraction of sp³-hybridized carbons (Fsp3) is 0.500. The highest BCUT2D eigenvalue weighted by Crippen LogP contribution is 2.53. The minimum atomic E-state index is -0.607. The summed E-state index contributed by atoms with van der Waals surface area (Å²) in [6.07, 6.45) is 1.96. The first kappa shape index (κ1) is 11.9. The van der Waals surface area contributed by atoms with Crippen LogP contribution in [0.2, 0.25) is 0 Å². The Balaban J connectivity index is 2.45. The molecule has 16 heavy (non-hydrogen) atoms. The van der Waals surface area contributed by atoms with Gasteiger partial charge in [-0.1, -0.05) is 6.07 Å². The number of hydrogen-bond acceptors (Lipinski definition) is 2. The van der Waals surface area contributed by atoms with Crippen molar-refractivity contribution < 1.29 is 13.5 Å². The third-order valence-electron chi connectivity index (χ3n) is 3.28. The molecule has 0 saturated carbocycles. The van der Waals surface area contributed by atoms with Crippen molar-refractivity contribution in [3.8, 4) is 0 Å². The van der Waals surface area contributed by atoms with Gasteiger partial charge in [0.15, 0.2) is 0 Å². The van der Waals surface area contributed by atoms with E-state index in [1.807, 2.05) is 20.1 Å². The molecule has 4 heteroatoms. The predicted octanol–water partition coefficient (Wildman–Crippen LogP) is 3.33. The highest BCUT2D eigenvalue weighted by atomic mass is 32.2. The van der Waals surface area contributed by atoms with Crippen LogP contribution in [-0.4, -0.2) is 17.6 Å². The van der Waals surface area contributed by atoms with Gasteiger partial charge in [0.1, 0.15) is 17.2 Å². The van der Waals surface area contributed by atoms with Crippen LogP contribution >= 0.6 is 11.8 Å².